The highest BCUT2D eigenvalue weighted by Gasteiger charge is 2.15. The van der Waals surface area contributed by atoms with Crippen LogP contribution < -0.4 is 0 Å². The summed E-state index contributed by atoms with van der Waals surface area (Å²) in [7, 11) is 0. The topological polar surface area (TPSA) is 0 Å². The fraction of sp³-hybridized carbons (Fsp3) is 0.250. The average molecular weight is 316 g/mol. The van der Waals surface area contributed by atoms with E-state index in [1.54, 1.807) is 0 Å². The van der Waals surface area contributed by atoms with Gasteiger partial charge in [-0.1, -0.05) is 107 Å². The van der Waals surface area contributed by atoms with Crippen molar-refractivity contribution >= 4 is 0 Å². The van der Waals surface area contributed by atoms with Crippen molar-refractivity contribution in [1.29, 1.82) is 0 Å². The quantitative estimate of drug-likeness (QED) is 0.351. The van der Waals surface area contributed by atoms with Crippen molar-refractivity contribution in [1.82, 2.24) is 0 Å². The molecule has 1 aliphatic rings. The minimum atomic E-state index is 0.659. The molecule has 0 aliphatic heterocycles. The largest absolute Gasteiger partial charge is 0.0683 e. The highest BCUT2D eigenvalue weighted by molar-refractivity contribution is 5.76. The van der Waals surface area contributed by atoms with Crippen molar-refractivity contribution in [2.24, 2.45) is 0 Å². The molecule has 0 fully saturated rings. The Hall–Kier alpha value is -2.34. The zero-order chi connectivity index (χ0) is 17.4. The average Bonchev–Trinajstić information content (AvgIpc) is 3.03. The van der Waals surface area contributed by atoms with E-state index in [9.17, 15) is 0 Å². The van der Waals surface area contributed by atoms with Crippen LogP contribution in [0.15, 0.2) is 78.9 Å². The second-order valence-corrected chi connectivity index (χ2v) is 6.06. The van der Waals surface area contributed by atoms with Crippen LogP contribution in [0.2, 0.25) is 0 Å². The monoisotopic (exact) mass is 316 g/mol. The van der Waals surface area contributed by atoms with Gasteiger partial charge >= 0.3 is 0 Å². The molecule has 0 atom stereocenters. The standard InChI is InChI=1S/C13H10.C9H12.C2H6/c1-3-7-12-10(5-1)9-11-6-2-4-8-13(11)12;1-8(2)9-6-4-3-5-7-9;1-2/h1-8H,9H2;3-8H,1-2H3;1-2H3. The summed E-state index contributed by atoms with van der Waals surface area (Å²) in [6, 6.07) is 27.8. The van der Waals surface area contributed by atoms with Gasteiger partial charge in [0.05, 0.1) is 0 Å². The molecule has 0 bridgehead atoms. The number of rotatable bonds is 1. The van der Waals surface area contributed by atoms with Crippen molar-refractivity contribution in [3.05, 3.63) is 95.6 Å². The molecule has 124 valence electrons. The zero-order valence-corrected chi connectivity index (χ0v) is 15.3. The van der Waals surface area contributed by atoms with Crippen LogP contribution in [0.1, 0.15) is 50.3 Å². The Morgan fingerprint density at radius 2 is 1.00 bits per heavy atom. The van der Waals surface area contributed by atoms with E-state index in [0.29, 0.717) is 5.92 Å². The maximum atomic E-state index is 2.22. The lowest BCUT2D eigenvalue weighted by Gasteiger charge is -2.01. The maximum absolute atomic E-state index is 2.22. The second-order valence-electron chi connectivity index (χ2n) is 6.06. The summed E-state index contributed by atoms with van der Waals surface area (Å²) < 4.78 is 0. The summed E-state index contributed by atoms with van der Waals surface area (Å²) in [6.07, 6.45) is 1.10. The minimum absolute atomic E-state index is 0.659. The normalized spacial score (nSPS) is 10.7. The molecule has 0 radical (unpaired) electrons. The first-order chi connectivity index (χ1) is 11.8. The van der Waals surface area contributed by atoms with E-state index in [4.69, 9.17) is 0 Å². The Morgan fingerprint density at radius 3 is 1.42 bits per heavy atom. The smallest absolute Gasteiger partial charge is 0.00135 e. The van der Waals surface area contributed by atoms with Gasteiger partial charge in [0.1, 0.15) is 0 Å². The van der Waals surface area contributed by atoms with Crippen molar-refractivity contribution < 1.29 is 0 Å². The van der Waals surface area contributed by atoms with Crippen LogP contribution in [0, 0.1) is 0 Å². The molecule has 0 saturated carbocycles. The van der Waals surface area contributed by atoms with Crippen LogP contribution in [0.25, 0.3) is 11.1 Å². The molecular formula is C24H28. The Bertz CT molecular complexity index is 695. The molecule has 3 aromatic rings. The van der Waals surface area contributed by atoms with Gasteiger partial charge in [0.25, 0.3) is 0 Å². The molecule has 0 nitrogen and oxygen atoms in total. The van der Waals surface area contributed by atoms with Crippen LogP contribution in [-0.4, -0.2) is 0 Å². The lowest BCUT2D eigenvalue weighted by molar-refractivity contribution is 0.867. The van der Waals surface area contributed by atoms with Gasteiger partial charge in [-0.3, -0.25) is 0 Å². The molecule has 0 aromatic heterocycles. The zero-order valence-electron chi connectivity index (χ0n) is 15.3. The van der Waals surface area contributed by atoms with Crippen molar-refractivity contribution in [2.45, 2.75) is 40.0 Å². The lowest BCUT2D eigenvalue weighted by atomic mass is 10.0. The third-order valence-electron chi connectivity index (χ3n) is 4.17. The maximum Gasteiger partial charge on any atom is -0.00135 e. The molecule has 1 aliphatic carbocycles. The van der Waals surface area contributed by atoms with Gasteiger partial charge in [-0.25, -0.2) is 0 Å². The molecule has 3 aromatic carbocycles. The molecular weight excluding hydrogens is 288 g/mol. The van der Waals surface area contributed by atoms with E-state index in [1.807, 2.05) is 19.9 Å². The van der Waals surface area contributed by atoms with Gasteiger partial charge in [0, 0.05) is 0 Å². The number of hydrogen-bond acceptors (Lipinski definition) is 0. The van der Waals surface area contributed by atoms with Crippen LogP contribution in [-0.2, 0) is 6.42 Å². The SMILES string of the molecule is CC.CC(C)c1ccccc1.c1ccc2c(c1)Cc1ccccc1-2. The molecule has 0 amide bonds. The van der Waals surface area contributed by atoms with Gasteiger partial charge in [-0.2, -0.15) is 0 Å². The van der Waals surface area contributed by atoms with E-state index in [0.717, 1.165) is 6.42 Å². The van der Waals surface area contributed by atoms with E-state index in [1.165, 1.54) is 27.8 Å². The predicted octanol–water partition coefficient (Wildman–Crippen LogP) is 7.09. The summed E-state index contributed by atoms with van der Waals surface area (Å²) in [5.41, 5.74) is 7.17. The van der Waals surface area contributed by atoms with Gasteiger partial charge < -0.3 is 0 Å². The summed E-state index contributed by atoms with van der Waals surface area (Å²) in [6.45, 7) is 8.41. The molecule has 0 saturated heterocycles. The highest BCUT2D eigenvalue weighted by atomic mass is 14.2. The highest BCUT2D eigenvalue weighted by Crippen LogP contribution is 2.35. The second kappa shape index (κ2) is 9.08. The van der Waals surface area contributed by atoms with Crippen LogP contribution in [0.5, 0.6) is 0 Å². The van der Waals surface area contributed by atoms with Gasteiger partial charge in [0.2, 0.25) is 0 Å². The summed E-state index contributed by atoms with van der Waals surface area (Å²) in [5, 5.41) is 0. The summed E-state index contributed by atoms with van der Waals surface area (Å²) in [4.78, 5) is 0. The summed E-state index contributed by atoms with van der Waals surface area (Å²) in [5.74, 6) is 0.659. The molecule has 0 unspecified atom stereocenters. The summed E-state index contributed by atoms with van der Waals surface area (Å²) >= 11 is 0. The van der Waals surface area contributed by atoms with Crippen LogP contribution >= 0.6 is 0 Å². The van der Waals surface area contributed by atoms with E-state index >= 15 is 0 Å². The Kier molecular flexibility index (Phi) is 6.81. The Labute approximate surface area is 147 Å². The van der Waals surface area contributed by atoms with E-state index in [-0.39, 0.29) is 0 Å². The van der Waals surface area contributed by atoms with Crippen LogP contribution in [0.3, 0.4) is 0 Å². The first-order valence-electron chi connectivity index (χ1n) is 8.97. The Balaban J connectivity index is 0.000000167. The fourth-order valence-corrected chi connectivity index (χ4v) is 2.92. The molecule has 0 spiro atoms. The molecule has 0 N–H and O–H groups in total. The van der Waals surface area contributed by atoms with Crippen molar-refractivity contribution in [3.8, 4) is 11.1 Å². The van der Waals surface area contributed by atoms with E-state index < -0.39 is 0 Å². The third-order valence-corrected chi connectivity index (χ3v) is 4.17. The lowest BCUT2D eigenvalue weighted by Crippen LogP contribution is -1.83. The molecule has 0 heterocycles. The van der Waals surface area contributed by atoms with Crippen LogP contribution in [0.4, 0.5) is 0 Å². The Morgan fingerprint density at radius 1 is 0.583 bits per heavy atom. The predicted molar refractivity (Wildman–Crippen MR) is 107 cm³/mol. The van der Waals surface area contributed by atoms with Gasteiger partial charge in [-0.15, -0.1) is 0 Å². The molecule has 24 heavy (non-hydrogen) atoms. The van der Waals surface area contributed by atoms with Gasteiger partial charge in [0.15, 0.2) is 0 Å². The minimum Gasteiger partial charge on any atom is -0.0683 e. The van der Waals surface area contributed by atoms with Crippen molar-refractivity contribution in [2.75, 3.05) is 0 Å². The van der Waals surface area contributed by atoms with E-state index in [2.05, 4.69) is 86.6 Å². The molecule has 4 rings (SSSR count). The first-order valence-corrected chi connectivity index (χ1v) is 8.97. The van der Waals surface area contributed by atoms with Crippen molar-refractivity contribution in [3.63, 3.8) is 0 Å². The first kappa shape index (κ1) is 18.0. The number of hydrogen-bond donors (Lipinski definition) is 0. The molecule has 0 heteroatoms. The third kappa shape index (κ3) is 4.35. The fourth-order valence-electron chi connectivity index (χ4n) is 2.92. The van der Waals surface area contributed by atoms with Gasteiger partial charge in [-0.05, 0) is 40.2 Å². The number of benzene rings is 3. The number of fused-ring (bicyclic) bond motifs is 3.